The number of ether oxygens (including phenoxy) is 2. The Hall–Kier alpha value is -3.25. The van der Waals surface area contributed by atoms with Gasteiger partial charge in [0.15, 0.2) is 5.76 Å². The quantitative estimate of drug-likeness (QED) is 0.363. The number of carbonyl (C=O) groups is 2. The van der Waals surface area contributed by atoms with Gasteiger partial charge in [-0.05, 0) is 54.3 Å². The highest BCUT2D eigenvalue weighted by molar-refractivity contribution is 7.12. The van der Waals surface area contributed by atoms with Crippen molar-refractivity contribution >= 4 is 29.2 Å². The van der Waals surface area contributed by atoms with Gasteiger partial charge in [-0.3, -0.25) is 4.79 Å². The van der Waals surface area contributed by atoms with Crippen LogP contribution >= 0.6 is 11.3 Å². The summed E-state index contributed by atoms with van der Waals surface area (Å²) in [4.78, 5) is 25.2. The highest BCUT2D eigenvalue weighted by Crippen LogP contribution is 2.39. The van der Waals surface area contributed by atoms with Crippen LogP contribution in [0.4, 0.5) is 4.39 Å². The van der Waals surface area contributed by atoms with Crippen LogP contribution in [0.2, 0.25) is 0 Å². The number of allylic oxidation sites excluding steroid dienone is 1. The van der Waals surface area contributed by atoms with E-state index in [9.17, 15) is 14.0 Å². The zero-order chi connectivity index (χ0) is 19.0. The first-order valence-corrected chi connectivity index (χ1v) is 9.00. The van der Waals surface area contributed by atoms with Crippen LogP contribution in [0.5, 0.6) is 11.5 Å². The number of thiophene rings is 1. The van der Waals surface area contributed by atoms with Gasteiger partial charge in [-0.1, -0.05) is 18.2 Å². The minimum absolute atomic E-state index is 0.140. The lowest BCUT2D eigenvalue weighted by molar-refractivity contribution is 0.0738. The molecule has 4 nitrogen and oxygen atoms in total. The lowest BCUT2D eigenvalue weighted by Crippen LogP contribution is -2.07. The van der Waals surface area contributed by atoms with E-state index in [0.717, 1.165) is 0 Å². The molecular formula is C21H13FO4S. The Morgan fingerprint density at radius 2 is 1.93 bits per heavy atom. The predicted molar refractivity (Wildman–Crippen MR) is 99.8 cm³/mol. The van der Waals surface area contributed by atoms with E-state index in [2.05, 4.69) is 0 Å². The van der Waals surface area contributed by atoms with Gasteiger partial charge in [-0.25, -0.2) is 9.18 Å². The zero-order valence-electron chi connectivity index (χ0n) is 14.2. The molecule has 0 aliphatic carbocycles. The summed E-state index contributed by atoms with van der Waals surface area (Å²) in [5, 5.41) is 1.79. The molecule has 1 aromatic heterocycles. The number of fused-ring (bicyclic) bond motifs is 1. The fraction of sp³-hybridized carbons (Fsp3) is 0.0476. The van der Waals surface area contributed by atoms with E-state index in [4.69, 9.17) is 9.47 Å². The molecule has 0 unspecified atom stereocenters. The van der Waals surface area contributed by atoms with Gasteiger partial charge < -0.3 is 9.47 Å². The second-order valence-corrected chi connectivity index (χ2v) is 6.87. The van der Waals surface area contributed by atoms with Crippen molar-refractivity contribution in [3.05, 3.63) is 87.1 Å². The molecule has 0 fully saturated rings. The van der Waals surface area contributed by atoms with Crippen LogP contribution in [0.25, 0.3) is 6.08 Å². The fourth-order valence-electron chi connectivity index (χ4n) is 2.73. The molecule has 0 saturated carbocycles. The number of carbonyl (C=O) groups excluding carboxylic acids is 2. The van der Waals surface area contributed by atoms with Crippen LogP contribution in [0, 0.1) is 12.7 Å². The van der Waals surface area contributed by atoms with Crippen LogP contribution in [0.3, 0.4) is 0 Å². The molecule has 0 radical (unpaired) electrons. The third-order valence-corrected chi connectivity index (χ3v) is 4.98. The Morgan fingerprint density at radius 1 is 1.15 bits per heavy atom. The van der Waals surface area contributed by atoms with Crippen molar-refractivity contribution in [1.29, 1.82) is 0 Å². The molecule has 0 atom stereocenters. The smallest absolute Gasteiger partial charge is 0.353 e. The molecule has 6 heteroatoms. The summed E-state index contributed by atoms with van der Waals surface area (Å²) in [5.41, 5.74) is 1.61. The molecule has 4 rings (SSSR count). The average molecular weight is 380 g/mol. The summed E-state index contributed by atoms with van der Waals surface area (Å²) in [6, 6.07) is 12.4. The number of rotatable bonds is 3. The van der Waals surface area contributed by atoms with Gasteiger partial charge in [-0.15, -0.1) is 11.3 Å². The Balaban J connectivity index is 1.62. The minimum Gasteiger partial charge on any atom is -0.452 e. The molecule has 0 saturated heterocycles. The van der Waals surface area contributed by atoms with E-state index >= 15 is 0 Å². The lowest BCUT2D eigenvalue weighted by Gasteiger charge is -2.09. The number of benzene rings is 2. The van der Waals surface area contributed by atoms with Crippen LogP contribution in [0.15, 0.2) is 59.7 Å². The van der Waals surface area contributed by atoms with Gasteiger partial charge in [0.05, 0.1) is 5.56 Å². The van der Waals surface area contributed by atoms with E-state index in [-0.39, 0.29) is 17.4 Å². The fourth-order valence-corrected chi connectivity index (χ4v) is 3.33. The molecule has 2 heterocycles. The molecule has 134 valence electrons. The number of hydrogen-bond donors (Lipinski definition) is 0. The van der Waals surface area contributed by atoms with Crippen molar-refractivity contribution in [2.24, 2.45) is 0 Å². The minimum atomic E-state index is -0.459. The maximum atomic E-state index is 13.0. The molecule has 0 spiro atoms. The normalized spacial score (nSPS) is 14.1. The molecular weight excluding hydrogens is 367 g/mol. The number of halogens is 1. The molecule has 0 N–H and O–H groups in total. The lowest BCUT2D eigenvalue weighted by atomic mass is 10.1. The summed E-state index contributed by atoms with van der Waals surface area (Å²) in [6.45, 7) is 1.73. The van der Waals surface area contributed by atoms with Crippen LogP contribution in [-0.4, -0.2) is 11.8 Å². The van der Waals surface area contributed by atoms with Gasteiger partial charge in [0.1, 0.15) is 22.2 Å². The average Bonchev–Trinajstić information content (AvgIpc) is 3.29. The van der Waals surface area contributed by atoms with Gasteiger partial charge in [-0.2, -0.15) is 0 Å². The molecule has 27 heavy (non-hydrogen) atoms. The Bertz CT molecular complexity index is 1070. The van der Waals surface area contributed by atoms with Crippen molar-refractivity contribution in [3.8, 4) is 11.5 Å². The van der Waals surface area contributed by atoms with E-state index < -0.39 is 5.97 Å². The number of hydrogen-bond acceptors (Lipinski definition) is 5. The SMILES string of the molecule is Cc1c(OC(=O)c2cccs2)ccc2c1O/C(=C\c1ccc(F)cc1)C2=O. The molecule has 0 bridgehead atoms. The third-order valence-electron chi connectivity index (χ3n) is 4.13. The molecule has 0 amide bonds. The van der Waals surface area contributed by atoms with Crippen molar-refractivity contribution in [1.82, 2.24) is 0 Å². The summed E-state index contributed by atoms with van der Waals surface area (Å²) < 4.78 is 24.2. The van der Waals surface area contributed by atoms with E-state index in [0.29, 0.717) is 33.1 Å². The Labute approximate surface area is 158 Å². The standard InChI is InChI=1S/C21H13FO4S/c1-12-16(26-21(24)18-3-2-10-27-18)9-8-15-19(23)17(25-20(12)15)11-13-4-6-14(22)7-5-13/h2-11H,1H3/b17-11-. The van der Waals surface area contributed by atoms with Gasteiger partial charge in [0.2, 0.25) is 5.78 Å². The van der Waals surface area contributed by atoms with Crippen LogP contribution < -0.4 is 9.47 Å². The molecule has 1 aliphatic rings. The predicted octanol–water partition coefficient (Wildman–Crippen LogP) is 5.03. The highest BCUT2D eigenvalue weighted by atomic mass is 32.1. The maximum absolute atomic E-state index is 13.0. The van der Waals surface area contributed by atoms with E-state index in [1.165, 1.54) is 23.5 Å². The summed E-state index contributed by atoms with van der Waals surface area (Å²) in [6.07, 6.45) is 1.55. The number of Topliss-reactive ketones (excluding diaryl/α,β-unsaturated/α-hetero) is 1. The third kappa shape index (κ3) is 3.27. The first-order valence-electron chi connectivity index (χ1n) is 8.12. The zero-order valence-corrected chi connectivity index (χ0v) is 15.0. The number of ketones is 1. The molecule has 3 aromatic rings. The number of esters is 1. The van der Waals surface area contributed by atoms with Crippen molar-refractivity contribution in [3.63, 3.8) is 0 Å². The van der Waals surface area contributed by atoms with Gasteiger partial charge in [0.25, 0.3) is 0 Å². The van der Waals surface area contributed by atoms with Crippen molar-refractivity contribution in [2.45, 2.75) is 6.92 Å². The van der Waals surface area contributed by atoms with Gasteiger partial charge in [0, 0.05) is 5.56 Å². The van der Waals surface area contributed by atoms with Crippen LogP contribution in [0.1, 0.15) is 31.2 Å². The van der Waals surface area contributed by atoms with E-state index in [1.54, 1.807) is 54.8 Å². The highest BCUT2D eigenvalue weighted by Gasteiger charge is 2.30. The first-order chi connectivity index (χ1) is 13.0. The molecule has 2 aromatic carbocycles. The molecule has 1 aliphatic heterocycles. The first kappa shape index (κ1) is 17.2. The van der Waals surface area contributed by atoms with Gasteiger partial charge >= 0.3 is 5.97 Å². The largest absolute Gasteiger partial charge is 0.452 e. The Kier molecular flexibility index (Phi) is 4.33. The summed E-state index contributed by atoms with van der Waals surface area (Å²) >= 11 is 1.29. The summed E-state index contributed by atoms with van der Waals surface area (Å²) in [5.74, 6) is -0.241. The monoisotopic (exact) mass is 380 g/mol. The summed E-state index contributed by atoms with van der Waals surface area (Å²) in [7, 11) is 0. The second kappa shape index (κ2) is 6.81. The topological polar surface area (TPSA) is 52.6 Å². The maximum Gasteiger partial charge on any atom is 0.353 e. The van der Waals surface area contributed by atoms with Crippen molar-refractivity contribution in [2.75, 3.05) is 0 Å². The van der Waals surface area contributed by atoms with Crippen molar-refractivity contribution < 1.29 is 23.5 Å². The van der Waals surface area contributed by atoms with E-state index in [1.807, 2.05) is 0 Å². The second-order valence-electron chi connectivity index (χ2n) is 5.92. The van der Waals surface area contributed by atoms with Crippen LogP contribution in [-0.2, 0) is 0 Å². The Morgan fingerprint density at radius 3 is 2.63 bits per heavy atom.